The summed E-state index contributed by atoms with van der Waals surface area (Å²) in [6.07, 6.45) is 4.59. The van der Waals surface area contributed by atoms with E-state index < -0.39 is 34.5 Å². The number of hydrogen-bond acceptors (Lipinski definition) is 4. The summed E-state index contributed by atoms with van der Waals surface area (Å²) in [5.41, 5.74) is 2.28. The van der Waals surface area contributed by atoms with Crippen LogP contribution in [0.15, 0.2) is 24.3 Å². The van der Waals surface area contributed by atoms with Crippen LogP contribution in [0.5, 0.6) is 0 Å². The molecule has 1 aliphatic rings. The molecule has 1 amide bonds. The SMILES string of the molecule is CS(=O)(=O)NC1C=Cc2c(CC(=O)NCC(=O)O)cccc21. The summed E-state index contributed by atoms with van der Waals surface area (Å²) in [4.78, 5) is 22.1. The Hall–Kier alpha value is -2.19. The molecule has 0 spiro atoms. The predicted molar refractivity (Wildman–Crippen MR) is 80.5 cm³/mol. The van der Waals surface area contributed by atoms with Gasteiger partial charge in [0.05, 0.1) is 18.7 Å². The molecule has 1 aliphatic carbocycles. The van der Waals surface area contributed by atoms with Gasteiger partial charge in [-0.15, -0.1) is 0 Å². The Kier molecular flexibility index (Phi) is 4.62. The van der Waals surface area contributed by atoms with Crippen molar-refractivity contribution in [3.63, 3.8) is 0 Å². The van der Waals surface area contributed by atoms with Gasteiger partial charge in [0.1, 0.15) is 6.54 Å². The van der Waals surface area contributed by atoms with Crippen LogP contribution in [-0.4, -0.2) is 38.2 Å². The van der Waals surface area contributed by atoms with Crippen molar-refractivity contribution in [1.29, 1.82) is 0 Å². The van der Waals surface area contributed by atoms with Crippen molar-refractivity contribution in [3.05, 3.63) is 41.0 Å². The number of aliphatic carboxylic acids is 1. The minimum atomic E-state index is -3.35. The molecular formula is C14H16N2O5S. The zero-order valence-electron chi connectivity index (χ0n) is 11.9. The molecule has 0 fully saturated rings. The fraction of sp³-hybridized carbons (Fsp3) is 0.286. The highest BCUT2D eigenvalue weighted by Gasteiger charge is 2.22. The van der Waals surface area contributed by atoms with Crippen molar-refractivity contribution in [2.75, 3.05) is 12.8 Å². The van der Waals surface area contributed by atoms with Gasteiger partial charge in [0, 0.05) is 0 Å². The van der Waals surface area contributed by atoms with E-state index in [9.17, 15) is 18.0 Å². The number of amides is 1. The molecule has 0 aromatic heterocycles. The Bertz CT molecular complexity index is 740. The Morgan fingerprint density at radius 3 is 2.68 bits per heavy atom. The topological polar surface area (TPSA) is 113 Å². The Labute approximate surface area is 128 Å². The molecule has 0 saturated heterocycles. The van der Waals surface area contributed by atoms with Crippen LogP contribution in [0.4, 0.5) is 0 Å². The van der Waals surface area contributed by atoms with Crippen LogP contribution in [0.25, 0.3) is 6.08 Å². The lowest BCUT2D eigenvalue weighted by Gasteiger charge is -2.13. The maximum Gasteiger partial charge on any atom is 0.322 e. The normalized spacial score (nSPS) is 16.3. The molecule has 0 bridgehead atoms. The molecule has 2 rings (SSSR count). The summed E-state index contributed by atoms with van der Waals surface area (Å²) in [6.45, 7) is -0.429. The summed E-state index contributed by atoms with van der Waals surface area (Å²) in [5, 5.41) is 10.8. The van der Waals surface area contributed by atoms with Crippen LogP contribution >= 0.6 is 0 Å². The molecule has 0 heterocycles. The molecule has 0 saturated carbocycles. The van der Waals surface area contributed by atoms with Gasteiger partial charge >= 0.3 is 5.97 Å². The average molecular weight is 324 g/mol. The molecule has 0 radical (unpaired) electrons. The number of sulfonamides is 1. The van der Waals surface area contributed by atoms with Crippen LogP contribution in [0.1, 0.15) is 22.7 Å². The lowest BCUT2D eigenvalue weighted by molar-refractivity contribution is -0.137. The highest BCUT2D eigenvalue weighted by Crippen LogP contribution is 2.31. The second-order valence-corrected chi connectivity index (χ2v) is 6.77. The second kappa shape index (κ2) is 6.29. The van der Waals surface area contributed by atoms with Gasteiger partial charge in [-0.05, 0) is 16.7 Å². The summed E-state index contributed by atoms with van der Waals surface area (Å²) in [6, 6.07) is 4.83. The third-order valence-electron chi connectivity index (χ3n) is 3.15. The minimum absolute atomic E-state index is 0.0341. The Morgan fingerprint density at radius 1 is 1.32 bits per heavy atom. The molecule has 1 aromatic rings. The molecule has 1 aromatic carbocycles. The molecule has 1 atom stereocenters. The standard InChI is InChI=1S/C14H16N2O5S/c1-22(20,21)16-12-6-5-10-9(3-2-4-11(10)12)7-13(17)15-8-14(18)19/h2-6,12,16H,7-8H2,1H3,(H,15,17)(H,18,19). The van der Waals surface area contributed by atoms with Crippen LogP contribution in [0, 0.1) is 0 Å². The molecule has 22 heavy (non-hydrogen) atoms. The van der Waals surface area contributed by atoms with Crippen LogP contribution in [0.2, 0.25) is 0 Å². The van der Waals surface area contributed by atoms with E-state index in [1.807, 2.05) is 0 Å². The van der Waals surface area contributed by atoms with Crippen molar-refractivity contribution in [1.82, 2.24) is 10.0 Å². The number of rotatable bonds is 6. The fourth-order valence-electron chi connectivity index (χ4n) is 2.30. The molecule has 3 N–H and O–H groups in total. The highest BCUT2D eigenvalue weighted by molar-refractivity contribution is 7.88. The van der Waals surface area contributed by atoms with Gasteiger partial charge in [0.2, 0.25) is 15.9 Å². The van der Waals surface area contributed by atoms with E-state index in [1.165, 1.54) is 0 Å². The van der Waals surface area contributed by atoms with Gasteiger partial charge in [0.15, 0.2) is 0 Å². The lowest BCUT2D eigenvalue weighted by Crippen LogP contribution is -2.30. The quantitative estimate of drug-likeness (QED) is 0.684. The van der Waals surface area contributed by atoms with E-state index in [-0.39, 0.29) is 6.42 Å². The summed E-state index contributed by atoms with van der Waals surface area (Å²) < 4.78 is 25.2. The van der Waals surface area contributed by atoms with Gasteiger partial charge in [-0.2, -0.15) is 0 Å². The third-order valence-corrected chi connectivity index (χ3v) is 3.83. The average Bonchev–Trinajstić information content (AvgIpc) is 2.79. The monoisotopic (exact) mass is 324 g/mol. The van der Waals surface area contributed by atoms with E-state index >= 15 is 0 Å². The van der Waals surface area contributed by atoms with Crippen molar-refractivity contribution in [2.45, 2.75) is 12.5 Å². The number of carboxylic acid groups (broad SMARTS) is 1. The van der Waals surface area contributed by atoms with E-state index in [0.717, 1.165) is 22.9 Å². The number of nitrogens with one attached hydrogen (secondary N) is 2. The van der Waals surface area contributed by atoms with Crippen LogP contribution in [0.3, 0.4) is 0 Å². The van der Waals surface area contributed by atoms with Crippen molar-refractivity contribution in [3.8, 4) is 0 Å². The maximum absolute atomic E-state index is 11.7. The van der Waals surface area contributed by atoms with Crippen molar-refractivity contribution >= 4 is 28.0 Å². The Morgan fingerprint density at radius 2 is 2.05 bits per heavy atom. The van der Waals surface area contributed by atoms with Gasteiger partial charge in [-0.3, -0.25) is 9.59 Å². The van der Waals surface area contributed by atoms with Gasteiger partial charge in [-0.1, -0.05) is 30.4 Å². The maximum atomic E-state index is 11.7. The first kappa shape index (κ1) is 16.2. The summed E-state index contributed by atoms with van der Waals surface area (Å²) in [7, 11) is -3.35. The van der Waals surface area contributed by atoms with Crippen molar-refractivity contribution in [2.24, 2.45) is 0 Å². The van der Waals surface area contributed by atoms with E-state index in [1.54, 1.807) is 30.4 Å². The smallest absolute Gasteiger partial charge is 0.322 e. The van der Waals surface area contributed by atoms with Gasteiger partial charge < -0.3 is 10.4 Å². The molecular weight excluding hydrogens is 308 g/mol. The van der Waals surface area contributed by atoms with Crippen molar-refractivity contribution < 1.29 is 23.1 Å². The predicted octanol–water partition coefficient (Wildman–Crippen LogP) is 0.0470. The van der Waals surface area contributed by atoms with E-state index in [0.29, 0.717) is 0 Å². The Balaban J connectivity index is 2.15. The van der Waals surface area contributed by atoms with E-state index in [2.05, 4.69) is 10.0 Å². The number of benzene rings is 1. The third kappa shape index (κ3) is 4.15. The molecule has 0 aliphatic heterocycles. The second-order valence-electron chi connectivity index (χ2n) is 4.99. The number of carboxylic acids is 1. The first-order valence-electron chi connectivity index (χ1n) is 6.52. The molecule has 8 heteroatoms. The number of fused-ring (bicyclic) bond motifs is 1. The molecule has 1 unspecified atom stereocenters. The first-order chi connectivity index (χ1) is 10.3. The summed E-state index contributed by atoms with van der Waals surface area (Å²) in [5.74, 6) is -1.51. The minimum Gasteiger partial charge on any atom is -0.480 e. The van der Waals surface area contributed by atoms with Crippen LogP contribution in [-0.2, 0) is 26.0 Å². The fourth-order valence-corrected chi connectivity index (χ4v) is 2.97. The number of carbonyl (C=O) groups excluding carboxylic acids is 1. The molecule has 7 nitrogen and oxygen atoms in total. The lowest BCUT2D eigenvalue weighted by atomic mass is 9.99. The van der Waals surface area contributed by atoms with Crippen LogP contribution < -0.4 is 10.0 Å². The van der Waals surface area contributed by atoms with Gasteiger partial charge in [-0.25, -0.2) is 13.1 Å². The first-order valence-corrected chi connectivity index (χ1v) is 8.41. The molecule has 118 valence electrons. The zero-order valence-corrected chi connectivity index (χ0v) is 12.7. The number of carbonyl (C=O) groups is 2. The largest absolute Gasteiger partial charge is 0.480 e. The summed E-state index contributed by atoms with van der Waals surface area (Å²) >= 11 is 0. The zero-order chi connectivity index (χ0) is 16.3. The highest BCUT2D eigenvalue weighted by atomic mass is 32.2. The van der Waals surface area contributed by atoms with E-state index in [4.69, 9.17) is 5.11 Å². The number of hydrogen-bond donors (Lipinski definition) is 3. The van der Waals surface area contributed by atoms with Gasteiger partial charge in [0.25, 0.3) is 0 Å².